The van der Waals surface area contributed by atoms with Crippen molar-refractivity contribution in [1.82, 2.24) is 0 Å². The highest BCUT2D eigenvalue weighted by atomic mass is 16.6. The van der Waals surface area contributed by atoms with E-state index in [9.17, 15) is 14.9 Å². The highest BCUT2D eigenvalue weighted by Crippen LogP contribution is 2.17. The maximum atomic E-state index is 11.9. The Morgan fingerprint density at radius 2 is 0.778 bits per heavy atom. The van der Waals surface area contributed by atoms with Crippen molar-refractivity contribution in [3.63, 3.8) is 0 Å². The Morgan fingerprint density at radius 3 is 1.13 bits per heavy atom. The van der Waals surface area contributed by atoms with Gasteiger partial charge in [0.1, 0.15) is 19.0 Å². The van der Waals surface area contributed by atoms with E-state index in [2.05, 4.69) is 6.92 Å². The lowest BCUT2D eigenvalue weighted by molar-refractivity contribution is -0.384. The van der Waals surface area contributed by atoms with Crippen molar-refractivity contribution in [3.05, 3.63) is 34.4 Å². The summed E-state index contributed by atoms with van der Waals surface area (Å²) >= 11 is 0. The minimum Gasteiger partial charge on any atom is -0.491 e. The molecule has 1 rings (SSSR count). The van der Waals surface area contributed by atoms with Crippen LogP contribution in [0.3, 0.4) is 0 Å². The summed E-state index contributed by atoms with van der Waals surface area (Å²) in [7, 11) is 0. The minimum absolute atomic E-state index is 0.0249. The van der Waals surface area contributed by atoms with Crippen molar-refractivity contribution in [2.24, 2.45) is 0 Å². The molecule has 0 N–H and O–H groups in total. The van der Waals surface area contributed by atoms with Gasteiger partial charge in [-0.3, -0.25) is 14.9 Å². The van der Waals surface area contributed by atoms with Gasteiger partial charge in [0.2, 0.25) is 0 Å². The van der Waals surface area contributed by atoms with Gasteiger partial charge in [-0.25, -0.2) is 0 Å². The van der Waals surface area contributed by atoms with Crippen LogP contribution in [0, 0.1) is 10.1 Å². The number of carbonyl (C=O) groups excluding carboxylic acids is 1. The molecule has 14 nitrogen and oxygen atoms in total. The largest absolute Gasteiger partial charge is 0.491 e. The number of hydrogen-bond donors (Lipinski definition) is 0. The first kappa shape index (κ1) is 49.6. The fourth-order valence-electron chi connectivity index (χ4n) is 5.10. The molecular weight excluding hydrogens is 702 g/mol. The third kappa shape index (κ3) is 35.3. The Morgan fingerprint density at radius 1 is 0.463 bits per heavy atom. The fraction of sp³-hybridized carbons (Fsp3) is 0.825. The molecule has 0 spiro atoms. The molecule has 0 radical (unpaired) electrons. The second kappa shape index (κ2) is 40.2. The Hall–Kier alpha value is -2.43. The number of carbonyl (C=O) groups is 1. The number of nitrogens with zero attached hydrogens (tertiary/aromatic N) is 1. The Balaban J connectivity index is 1.66. The minimum atomic E-state index is -0.451. The highest BCUT2D eigenvalue weighted by molar-refractivity contribution is 5.69. The molecule has 0 amide bonds. The van der Waals surface area contributed by atoms with Gasteiger partial charge >= 0.3 is 5.97 Å². The lowest BCUT2D eigenvalue weighted by Gasteiger charge is -2.09. The first-order chi connectivity index (χ1) is 26.6. The van der Waals surface area contributed by atoms with Crippen LogP contribution in [0.4, 0.5) is 5.69 Å². The van der Waals surface area contributed by atoms with E-state index >= 15 is 0 Å². The number of ether oxygens (including phenoxy) is 10. The second-order valence-corrected chi connectivity index (χ2v) is 12.7. The van der Waals surface area contributed by atoms with Crippen LogP contribution in [0.15, 0.2) is 24.3 Å². The standard InChI is InChI=1S/C40H71NO13/c1-2-3-4-5-6-7-8-9-10-11-12-13-14-15-40(42)54-37-35-52-33-31-50-29-27-48-25-23-46-21-20-45-22-24-47-26-28-49-30-32-51-34-36-53-39-18-16-38(17-19-39)41(43)44/h16-19H,2-15,20-37H2,1H3. The van der Waals surface area contributed by atoms with Crippen molar-refractivity contribution in [3.8, 4) is 5.75 Å². The van der Waals surface area contributed by atoms with Crippen LogP contribution in [-0.4, -0.2) is 130 Å². The lowest BCUT2D eigenvalue weighted by Crippen LogP contribution is -2.15. The molecule has 0 fully saturated rings. The van der Waals surface area contributed by atoms with Crippen LogP contribution in [0.25, 0.3) is 0 Å². The molecule has 0 aliphatic rings. The predicted octanol–water partition coefficient (Wildman–Crippen LogP) is 7.13. The number of non-ortho nitro benzene ring substituents is 1. The van der Waals surface area contributed by atoms with Gasteiger partial charge in [0.15, 0.2) is 0 Å². The number of benzene rings is 1. The molecule has 0 unspecified atom stereocenters. The molecule has 0 bridgehead atoms. The number of nitro benzene ring substituents is 1. The average Bonchev–Trinajstić information content (AvgIpc) is 3.17. The molecule has 0 heterocycles. The van der Waals surface area contributed by atoms with Crippen LogP contribution in [0.1, 0.15) is 96.8 Å². The van der Waals surface area contributed by atoms with E-state index in [1.54, 1.807) is 12.1 Å². The van der Waals surface area contributed by atoms with Gasteiger partial charge in [-0.2, -0.15) is 0 Å². The normalized spacial score (nSPS) is 11.3. The molecule has 314 valence electrons. The number of nitro groups is 1. The van der Waals surface area contributed by atoms with E-state index in [0.717, 1.165) is 12.8 Å². The Labute approximate surface area is 324 Å². The summed E-state index contributed by atoms with van der Waals surface area (Å²) in [5, 5.41) is 10.7. The van der Waals surface area contributed by atoms with E-state index < -0.39 is 4.92 Å². The molecule has 0 saturated heterocycles. The zero-order chi connectivity index (χ0) is 38.8. The van der Waals surface area contributed by atoms with Gasteiger partial charge in [0, 0.05) is 18.6 Å². The summed E-state index contributed by atoms with van der Waals surface area (Å²) in [6, 6.07) is 5.91. The van der Waals surface area contributed by atoms with Gasteiger partial charge < -0.3 is 47.4 Å². The zero-order valence-corrected chi connectivity index (χ0v) is 33.2. The maximum Gasteiger partial charge on any atom is 0.305 e. The molecule has 0 aliphatic carbocycles. The second-order valence-electron chi connectivity index (χ2n) is 12.7. The summed E-state index contributed by atoms with van der Waals surface area (Å²) in [4.78, 5) is 22.1. The molecule has 14 heteroatoms. The molecule has 0 aromatic heterocycles. The molecule has 1 aromatic rings. The SMILES string of the molecule is CCCCCCCCCCCCCCCC(=O)OCCOCCOCCOCCOCCOCCOCCOCCOCCOc1ccc([N+](=O)[O-])cc1. The molecule has 54 heavy (non-hydrogen) atoms. The monoisotopic (exact) mass is 773 g/mol. The van der Waals surface area contributed by atoms with Gasteiger partial charge in [-0.05, 0) is 18.6 Å². The van der Waals surface area contributed by atoms with Crippen LogP contribution in [-0.2, 0) is 47.4 Å². The fourth-order valence-corrected chi connectivity index (χ4v) is 5.10. The van der Waals surface area contributed by atoms with Gasteiger partial charge in [0.05, 0.1) is 111 Å². The quantitative estimate of drug-likeness (QED) is 0.0287. The van der Waals surface area contributed by atoms with Crippen LogP contribution >= 0.6 is 0 Å². The summed E-state index contributed by atoms with van der Waals surface area (Å²) in [5.41, 5.74) is 0.0249. The van der Waals surface area contributed by atoms with E-state index in [1.165, 1.54) is 82.8 Å². The molecule has 0 saturated carbocycles. The van der Waals surface area contributed by atoms with Crippen LogP contribution < -0.4 is 4.74 Å². The number of esters is 1. The first-order valence-corrected chi connectivity index (χ1v) is 20.3. The molecule has 0 aliphatic heterocycles. The van der Waals surface area contributed by atoms with Gasteiger partial charge in [-0.15, -0.1) is 0 Å². The van der Waals surface area contributed by atoms with Gasteiger partial charge in [0.25, 0.3) is 5.69 Å². The van der Waals surface area contributed by atoms with E-state index in [4.69, 9.17) is 47.4 Å². The van der Waals surface area contributed by atoms with E-state index in [1.807, 2.05) is 0 Å². The summed E-state index contributed by atoms with van der Waals surface area (Å²) < 4.78 is 54.5. The third-order valence-corrected chi connectivity index (χ3v) is 8.12. The summed E-state index contributed by atoms with van der Waals surface area (Å²) in [5.74, 6) is 0.416. The van der Waals surface area contributed by atoms with Crippen molar-refractivity contribution in [1.29, 1.82) is 0 Å². The molecule has 1 aromatic carbocycles. The number of unbranched alkanes of at least 4 members (excludes halogenated alkanes) is 12. The van der Waals surface area contributed by atoms with Crippen LogP contribution in [0.2, 0.25) is 0 Å². The zero-order valence-electron chi connectivity index (χ0n) is 33.2. The van der Waals surface area contributed by atoms with Gasteiger partial charge in [-0.1, -0.05) is 84.0 Å². The van der Waals surface area contributed by atoms with E-state index in [0.29, 0.717) is 124 Å². The highest BCUT2D eigenvalue weighted by Gasteiger charge is 2.05. The topological polar surface area (TPSA) is 153 Å². The van der Waals surface area contributed by atoms with Crippen LogP contribution in [0.5, 0.6) is 5.75 Å². The maximum absolute atomic E-state index is 11.9. The van der Waals surface area contributed by atoms with Crippen molar-refractivity contribution < 1.29 is 57.1 Å². The first-order valence-electron chi connectivity index (χ1n) is 20.3. The number of rotatable bonds is 43. The molecule has 0 atom stereocenters. The Kier molecular flexibility index (Phi) is 37.0. The summed E-state index contributed by atoms with van der Waals surface area (Å²) in [6.45, 7) is 10.2. The van der Waals surface area contributed by atoms with Crippen molar-refractivity contribution >= 4 is 11.7 Å². The van der Waals surface area contributed by atoms with Crippen molar-refractivity contribution in [2.45, 2.75) is 96.8 Å². The molecular formula is C40H71NO13. The predicted molar refractivity (Wildman–Crippen MR) is 206 cm³/mol. The smallest absolute Gasteiger partial charge is 0.305 e. The van der Waals surface area contributed by atoms with E-state index in [-0.39, 0.29) is 18.3 Å². The number of hydrogen-bond acceptors (Lipinski definition) is 13. The average molecular weight is 774 g/mol. The van der Waals surface area contributed by atoms with Crippen molar-refractivity contribution in [2.75, 3.05) is 119 Å². The lowest BCUT2D eigenvalue weighted by atomic mass is 10.0. The third-order valence-electron chi connectivity index (χ3n) is 8.12. The summed E-state index contributed by atoms with van der Waals surface area (Å²) in [6.07, 6.45) is 17.3. The Bertz CT molecular complexity index is 954.